The van der Waals surface area contributed by atoms with E-state index >= 15 is 0 Å². The van der Waals surface area contributed by atoms with Crippen LogP contribution < -0.4 is 15.0 Å². The van der Waals surface area contributed by atoms with Gasteiger partial charge in [-0.25, -0.2) is 9.97 Å². The minimum absolute atomic E-state index is 0.157. The van der Waals surface area contributed by atoms with E-state index in [-0.39, 0.29) is 11.7 Å². The molecule has 0 saturated carbocycles. The summed E-state index contributed by atoms with van der Waals surface area (Å²) in [4.78, 5) is 24.9. The minimum Gasteiger partial charge on any atom is -0.496 e. The van der Waals surface area contributed by atoms with Crippen LogP contribution in [0.1, 0.15) is 61.9 Å². The van der Waals surface area contributed by atoms with Crippen LogP contribution in [0.15, 0.2) is 30.3 Å². The van der Waals surface area contributed by atoms with Gasteiger partial charge in [-0.05, 0) is 44.5 Å². The van der Waals surface area contributed by atoms with Crippen molar-refractivity contribution in [1.82, 2.24) is 20.2 Å². The quantitative estimate of drug-likeness (QED) is 0.530. The number of ether oxygens (including phenoxy) is 1. The highest BCUT2D eigenvalue weighted by Gasteiger charge is 2.35. The monoisotopic (exact) mass is 507 g/mol. The Kier molecular flexibility index (Phi) is 9.16. The van der Waals surface area contributed by atoms with E-state index in [9.17, 15) is 18.0 Å². The number of alkyl halides is 3. The second-order valence-corrected chi connectivity index (χ2v) is 10.0. The number of benzene rings is 1. The molecule has 0 unspecified atom stereocenters. The number of aromatic nitrogens is 2. The molecule has 1 aromatic carbocycles. The van der Waals surface area contributed by atoms with Gasteiger partial charge < -0.3 is 19.9 Å². The van der Waals surface area contributed by atoms with Crippen LogP contribution in [-0.2, 0) is 11.6 Å². The number of amides is 1. The van der Waals surface area contributed by atoms with Crippen LogP contribution in [0, 0.1) is 0 Å². The summed E-state index contributed by atoms with van der Waals surface area (Å²) < 4.78 is 45.7. The summed E-state index contributed by atoms with van der Waals surface area (Å²) in [5.74, 6) is 0.923. The lowest BCUT2D eigenvalue weighted by molar-refractivity contribution is -0.141. The predicted octanol–water partition coefficient (Wildman–Crippen LogP) is 4.52. The maximum Gasteiger partial charge on any atom is 0.433 e. The third kappa shape index (κ3) is 7.56. The van der Waals surface area contributed by atoms with E-state index in [2.05, 4.69) is 20.2 Å². The lowest BCUT2D eigenvalue weighted by atomic mass is 9.95. The van der Waals surface area contributed by atoms with Gasteiger partial charge in [-0.1, -0.05) is 32.9 Å². The van der Waals surface area contributed by atoms with Crippen LogP contribution in [-0.4, -0.2) is 67.2 Å². The number of carbonyl (C=O) groups excluding carboxylic acids is 1. The van der Waals surface area contributed by atoms with Crippen molar-refractivity contribution in [2.75, 3.05) is 51.3 Å². The van der Waals surface area contributed by atoms with E-state index in [1.54, 1.807) is 18.2 Å². The summed E-state index contributed by atoms with van der Waals surface area (Å²) in [6, 6.07) is 8.18. The highest BCUT2D eigenvalue weighted by atomic mass is 19.4. The van der Waals surface area contributed by atoms with Gasteiger partial charge in [-0.3, -0.25) is 4.79 Å². The molecule has 0 spiro atoms. The van der Waals surface area contributed by atoms with Gasteiger partial charge in [0.25, 0.3) is 5.91 Å². The summed E-state index contributed by atoms with van der Waals surface area (Å²) in [5.41, 5.74) is -0.969. The number of unbranched alkanes of at least 4 members (excludes halogenated alkanes) is 1. The normalized spacial score (nSPS) is 15.5. The zero-order chi connectivity index (χ0) is 26.3. The second kappa shape index (κ2) is 11.9. The SMILES string of the molecule is COc1ccccc1C(=O)NCCCCN1CCCN(c2cc(C(F)(F)F)nc(C(C)(C)C)n2)CC1. The number of para-hydroxylation sites is 1. The van der Waals surface area contributed by atoms with Crippen LogP contribution in [0.4, 0.5) is 19.0 Å². The van der Waals surface area contributed by atoms with Crippen molar-refractivity contribution in [1.29, 1.82) is 0 Å². The standard InChI is InChI=1S/C26H36F3N5O2/c1-25(2,3)24-31-21(26(27,28)29)18-22(32-24)34-15-9-14-33(16-17-34)13-8-7-12-30-23(35)19-10-5-6-11-20(19)36-4/h5-6,10-11,18H,7-9,12-17H2,1-4H3,(H,30,35). The van der Waals surface area contributed by atoms with E-state index in [0.717, 1.165) is 45.0 Å². The molecule has 0 aliphatic carbocycles. The smallest absolute Gasteiger partial charge is 0.433 e. The van der Waals surface area contributed by atoms with E-state index in [1.165, 1.54) is 7.11 Å². The van der Waals surface area contributed by atoms with Gasteiger partial charge >= 0.3 is 6.18 Å². The number of rotatable bonds is 8. The van der Waals surface area contributed by atoms with Gasteiger partial charge in [0.15, 0.2) is 0 Å². The number of nitrogens with one attached hydrogen (secondary N) is 1. The molecule has 7 nitrogen and oxygen atoms in total. The number of carbonyl (C=O) groups is 1. The first-order valence-electron chi connectivity index (χ1n) is 12.3. The van der Waals surface area contributed by atoms with Gasteiger partial charge in [0, 0.05) is 37.7 Å². The van der Waals surface area contributed by atoms with Gasteiger partial charge in [-0.15, -0.1) is 0 Å². The van der Waals surface area contributed by atoms with Crippen LogP contribution in [0.3, 0.4) is 0 Å². The Morgan fingerprint density at radius 3 is 2.50 bits per heavy atom. The highest BCUT2D eigenvalue weighted by molar-refractivity contribution is 5.96. The number of hydrogen-bond acceptors (Lipinski definition) is 6. The van der Waals surface area contributed by atoms with Crippen molar-refractivity contribution in [3.8, 4) is 5.75 Å². The maximum atomic E-state index is 13.5. The molecule has 2 heterocycles. The molecule has 1 fully saturated rings. The molecule has 1 saturated heterocycles. The Hall–Kier alpha value is -2.88. The Bertz CT molecular complexity index is 991. The van der Waals surface area contributed by atoms with E-state index in [1.807, 2.05) is 31.7 Å². The largest absolute Gasteiger partial charge is 0.496 e. The lowest BCUT2D eigenvalue weighted by Gasteiger charge is -2.26. The Morgan fingerprint density at radius 2 is 1.81 bits per heavy atom. The molecule has 1 amide bonds. The van der Waals surface area contributed by atoms with Crippen LogP contribution in [0.2, 0.25) is 0 Å². The molecule has 1 aliphatic heterocycles. The fourth-order valence-corrected chi connectivity index (χ4v) is 4.09. The first-order chi connectivity index (χ1) is 17.0. The molecule has 0 bridgehead atoms. The number of methoxy groups -OCH3 is 1. The van der Waals surface area contributed by atoms with Crippen molar-refractivity contribution >= 4 is 11.7 Å². The molecule has 198 valence electrons. The van der Waals surface area contributed by atoms with Crippen molar-refractivity contribution < 1.29 is 22.7 Å². The summed E-state index contributed by atoms with van der Waals surface area (Å²) in [6.45, 7) is 9.72. The summed E-state index contributed by atoms with van der Waals surface area (Å²) in [7, 11) is 1.54. The van der Waals surface area contributed by atoms with Gasteiger partial charge in [0.2, 0.25) is 0 Å². The predicted molar refractivity (Wildman–Crippen MR) is 134 cm³/mol. The van der Waals surface area contributed by atoms with Gasteiger partial charge in [0.05, 0.1) is 12.7 Å². The topological polar surface area (TPSA) is 70.6 Å². The molecule has 0 atom stereocenters. The average Bonchev–Trinajstić information content (AvgIpc) is 3.08. The van der Waals surface area contributed by atoms with Crippen LogP contribution >= 0.6 is 0 Å². The molecule has 2 aromatic rings. The third-order valence-corrected chi connectivity index (χ3v) is 6.12. The van der Waals surface area contributed by atoms with Crippen LogP contribution in [0.5, 0.6) is 5.75 Å². The van der Waals surface area contributed by atoms with Crippen LogP contribution in [0.25, 0.3) is 0 Å². The lowest BCUT2D eigenvalue weighted by Crippen LogP contribution is -2.33. The van der Waals surface area contributed by atoms with Gasteiger partial charge in [-0.2, -0.15) is 13.2 Å². The summed E-state index contributed by atoms with van der Waals surface area (Å²) >= 11 is 0. The molecule has 1 aromatic heterocycles. The number of anilines is 1. The summed E-state index contributed by atoms with van der Waals surface area (Å²) in [6.07, 6.45) is -1.94. The zero-order valence-corrected chi connectivity index (χ0v) is 21.5. The minimum atomic E-state index is -4.52. The molecule has 3 rings (SSSR count). The Morgan fingerprint density at radius 1 is 1.06 bits per heavy atom. The van der Waals surface area contributed by atoms with Crippen molar-refractivity contribution in [2.24, 2.45) is 0 Å². The number of hydrogen-bond donors (Lipinski definition) is 1. The molecule has 36 heavy (non-hydrogen) atoms. The number of nitrogens with zero attached hydrogens (tertiary/aromatic N) is 4. The van der Waals surface area contributed by atoms with E-state index in [0.29, 0.717) is 36.8 Å². The molecular weight excluding hydrogens is 471 g/mol. The molecule has 10 heteroatoms. The second-order valence-electron chi connectivity index (χ2n) is 10.0. The number of halogens is 3. The fourth-order valence-electron chi connectivity index (χ4n) is 4.09. The van der Waals surface area contributed by atoms with Crippen molar-refractivity contribution in [2.45, 2.75) is 51.6 Å². The Labute approximate surface area is 211 Å². The molecule has 1 N–H and O–H groups in total. The van der Waals surface area contributed by atoms with Crippen molar-refractivity contribution in [3.63, 3.8) is 0 Å². The molecule has 1 aliphatic rings. The maximum absolute atomic E-state index is 13.5. The summed E-state index contributed by atoms with van der Waals surface area (Å²) in [5, 5.41) is 2.94. The Balaban J connectivity index is 1.50. The molecular formula is C26H36F3N5O2. The van der Waals surface area contributed by atoms with E-state index in [4.69, 9.17) is 4.74 Å². The average molecular weight is 508 g/mol. The fraction of sp³-hybridized carbons (Fsp3) is 0.577. The zero-order valence-electron chi connectivity index (χ0n) is 21.5. The van der Waals surface area contributed by atoms with E-state index < -0.39 is 17.3 Å². The van der Waals surface area contributed by atoms with Gasteiger partial charge in [0.1, 0.15) is 23.1 Å². The van der Waals surface area contributed by atoms with Crippen molar-refractivity contribution in [3.05, 3.63) is 47.4 Å². The first-order valence-corrected chi connectivity index (χ1v) is 12.3. The molecule has 0 radical (unpaired) electrons. The highest BCUT2D eigenvalue weighted by Crippen LogP contribution is 2.32. The first kappa shape index (κ1) is 27.7. The third-order valence-electron chi connectivity index (χ3n) is 6.12.